The molecule has 0 heterocycles. The first-order valence-corrected chi connectivity index (χ1v) is 12.2. The number of carbonyl (C=O) groups excluding carboxylic acids is 1. The third kappa shape index (κ3) is 8.00. The van der Waals surface area contributed by atoms with Gasteiger partial charge in [0.15, 0.2) is 11.5 Å². The predicted molar refractivity (Wildman–Crippen MR) is 144 cm³/mol. The van der Waals surface area contributed by atoms with Gasteiger partial charge in [0.05, 0.1) is 6.61 Å². The van der Waals surface area contributed by atoms with Gasteiger partial charge in [-0.1, -0.05) is 91.0 Å². The first kappa shape index (κ1) is 25.6. The quantitative estimate of drug-likeness (QED) is 0.157. The molecule has 4 aromatic carbocycles. The van der Waals surface area contributed by atoms with Gasteiger partial charge in [-0.3, -0.25) is 0 Å². The number of hydrogen-bond donors (Lipinski definition) is 0. The molecule has 0 aromatic heterocycles. The normalized spacial score (nSPS) is 10.7. The van der Waals surface area contributed by atoms with Crippen LogP contribution in [0.4, 0.5) is 0 Å². The van der Waals surface area contributed by atoms with Gasteiger partial charge in [-0.15, -0.1) is 0 Å². The Morgan fingerprint density at radius 1 is 0.649 bits per heavy atom. The van der Waals surface area contributed by atoms with Gasteiger partial charge in [-0.2, -0.15) is 0 Å². The number of ether oxygens (including phenoxy) is 4. The lowest BCUT2D eigenvalue weighted by Crippen LogP contribution is -2.05. The number of rotatable bonds is 12. The molecular formula is C32H30O5. The van der Waals surface area contributed by atoms with E-state index in [2.05, 4.69) is 0 Å². The van der Waals surface area contributed by atoms with Gasteiger partial charge in [-0.05, 0) is 47.4 Å². The molecule has 4 aromatic rings. The van der Waals surface area contributed by atoms with E-state index in [0.717, 1.165) is 22.3 Å². The molecule has 0 bridgehead atoms. The molecule has 0 spiro atoms. The molecule has 0 saturated heterocycles. The summed E-state index contributed by atoms with van der Waals surface area (Å²) in [6, 6.07) is 33.4. The van der Waals surface area contributed by atoms with Crippen LogP contribution in [0.25, 0.3) is 6.08 Å². The largest absolute Gasteiger partial charge is 0.485 e. The maximum absolute atomic E-state index is 11.9. The molecule has 0 aliphatic rings. The van der Waals surface area contributed by atoms with E-state index in [1.54, 1.807) is 13.0 Å². The maximum atomic E-state index is 11.9. The van der Waals surface area contributed by atoms with E-state index in [0.29, 0.717) is 43.7 Å². The minimum atomic E-state index is -0.412. The second kappa shape index (κ2) is 13.5. The van der Waals surface area contributed by atoms with Crippen LogP contribution in [0.5, 0.6) is 17.2 Å². The average Bonchev–Trinajstić information content (AvgIpc) is 2.95. The fourth-order valence-corrected chi connectivity index (χ4v) is 3.60. The minimum absolute atomic E-state index is 0.312. The standard InChI is InChI=1S/C32H30O5/c1-2-34-31(33)19-18-28-20-29(35-22-25-12-6-3-7-13-25)32(37-24-27-16-10-5-11-17-27)30(21-28)36-23-26-14-8-4-9-15-26/h3-21H,2,22-24H2,1H3/b19-18+. The van der Waals surface area contributed by atoms with Crippen molar-refractivity contribution in [3.63, 3.8) is 0 Å². The molecule has 5 heteroatoms. The molecule has 4 rings (SSSR count). The summed E-state index contributed by atoms with van der Waals surface area (Å²) in [6.45, 7) is 3.14. The van der Waals surface area contributed by atoms with Crippen LogP contribution < -0.4 is 14.2 Å². The van der Waals surface area contributed by atoms with E-state index in [-0.39, 0.29) is 0 Å². The summed E-state index contributed by atoms with van der Waals surface area (Å²) in [5.74, 6) is 1.14. The molecule has 188 valence electrons. The number of esters is 1. The average molecular weight is 495 g/mol. The Bertz CT molecular complexity index is 1220. The van der Waals surface area contributed by atoms with Crippen LogP contribution in [0.2, 0.25) is 0 Å². The van der Waals surface area contributed by atoms with Gasteiger partial charge >= 0.3 is 5.97 Å². The van der Waals surface area contributed by atoms with Crippen LogP contribution >= 0.6 is 0 Å². The van der Waals surface area contributed by atoms with Crippen LogP contribution in [0.1, 0.15) is 29.2 Å². The minimum Gasteiger partial charge on any atom is -0.485 e. The lowest BCUT2D eigenvalue weighted by atomic mass is 10.1. The molecule has 0 aliphatic heterocycles. The summed E-state index contributed by atoms with van der Waals surface area (Å²) in [5, 5.41) is 0. The van der Waals surface area contributed by atoms with Gasteiger partial charge in [0, 0.05) is 6.08 Å². The molecule has 0 atom stereocenters. The third-order valence-corrected chi connectivity index (χ3v) is 5.44. The zero-order valence-corrected chi connectivity index (χ0v) is 20.8. The van der Waals surface area contributed by atoms with E-state index in [1.165, 1.54) is 6.08 Å². The maximum Gasteiger partial charge on any atom is 0.330 e. The summed E-state index contributed by atoms with van der Waals surface area (Å²) in [5.41, 5.74) is 3.80. The second-order valence-corrected chi connectivity index (χ2v) is 8.25. The first-order valence-electron chi connectivity index (χ1n) is 12.2. The Morgan fingerprint density at radius 3 is 1.51 bits per heavy atom. The summed E-state index contributed by atoms with van der Waals surface area (Å²) >= 11 is 0. The van der Waals surface area contributed by atoms with Crippen LogP contribution in [0.15, 0.2) is 109 Å². The first-order chi connectivity index (χ1) is 18.2. The Labute approximate surface area is 217 Å². The van der Waals surface area contributed by atoms with E-state index < -0.39 is 5.97 Å². The topological polar surface area (TPSA) is 54.0 Å². The summed E-state index contributed by atoms with van der Waals surface area (Å²) in [4.78, 5) is 11.9. The monoisotopic (exact) mass is 494 g/mol. The molecule has 0 N–H and O–H groups in total. The molecule has 0 amide bonds. The van der Waals surface area contributed by atoms with Crippen LogP contribution in [-0.4, -0.2) is 12.6 Å². The van der Waals surface area contributed by atoms with Crippen LogP contribution in [0, 0.1) is 0 Å². The Hall–Kier alpha value is -4.51. The van der Waals surface area contributed by atoms with Crippen molar-refractivity contribution in [2.45, 2.75) is 26.7 Å². The number of carbonyl (C=O) groups is 1. The van der Waals surface area contributed by atoms with Gasteiger partial charge in [0.25, 0.3) is 0 Å². The Kier molecular flexibility index (Phi) is 9.36. The zero-order chi connectivity index (χ0) is 25.7. The predicted octanol–water partition coefficient (Wildman–Crippen LogP) is 7.00. The van der Waals surface area contributed by atoms with Crippen molar-refractivity contribution in [2.75, 3.05) is 6.61 Å². The highest BCUT2D eigenvalue weighted by Crippen LogP contribution is 2.40. The molecule has 0 unspecified atom stereocenters. The number of hydrogen-bond acceptors (Lipinski definition) is 5. The Morgan fingerprint density at radius 2 is 1.08 bits per heavy atom. The SMILES string of the molecule is CCOC(=O)/C=C/c1cc(OCc2ccccc2)c(OCc2ccccc2)c(OCc2ccccc2)c1. The molecule has 0 radical (unpaired) electrons. The third-order valence-electron chi connectivity index (χ3n) is 5.44. The fraction of sp³-hybridized carbons (Fsp3) is 0.156. The summed E-state index contributed by atoms with van der Waals surface area (Å²) in [6.07, 6.45) is 3.08. The zero-order valence-electron chi connectivity index (χ0n) is 20.8. The second-order valence-electron chi connectivity index (χ2n) is 8.25. The van der Waals surface area contributed by atoms with E-state index in [9.17, 15) is 4.79 Å². The van der Waals surface area contributed by atoms with Crippen LogP contribution in [0.3, 0.4) is 0 Å². The summed E-state index contributed by atoms with van der Waals surface area (Å²) in [7, 11) is 0. The highest BCUT2D eigenvalue weighted by molar-refractivity contribution is 5.87. The highest BCUT2D eigenvalue weighted by Gasteiger charge is 2.16. The van der Waals surface area contributed by atoms with Gasteiger partial charge < -0.3 is 18.9 Å². The molecule has 37 heavy (non-hydrogen) atoms. The van der Waals surface area contributed by atoms with Crippen molar-refractivity contribution in [3.05, 3.63) is 131 Å². The molecular weight excluding hydrogens is 464 g/mol. The van der Waals surface area contributed by atoms with Gasteiger partial charge in [-0.25, -0.2) is 4.79 Å². The molecule has 5 nitrogen and oxygen atoms in total. The summed E-state index contributed by atoms with van der Waals surface area (Å²) < 4.78 is 23.8. The van der Waals surface area contributed by atoms with Crippen molar-refractivity contribution < 1.29 is 23.7 Å². The number of benzene rings is 4. The van der Waals surface area contributed by atoms with Crippen molar-refractivity contribution in [3.8, 4) is 17.2 Å². The van der Waals surface area contributed by atoms with Crippen molar-refractivity contribution in [1.29, 1.82) is 0 Å². The van der Waals surface area contributed by atoms with Gasteiger partial charge in [0.1, 0.15) is 19.8 Å². The fourth-order valence-electron chi connectivity index (χ4n) is 3.60. The van der Waals surface area contributed by atoms with E-state index >= 15 is 0 Å². The van der Waals surface area contributed by atoms with E-state index in [1.807, 2.05) is 103 Å². The van der Waals surface area contributed by atoms with E-state index in [4.69, 9.17) is 18.9 Å². The highest BCUT2D eigenvalue weighted by atomic mass is 16.5. The van der Waals surface area contributed by atoms with Crippen LogP contribution in [-0.2, 0) is 29.4 Å². The van der Waals surface area contributed by atoms with Crippen molar-refractivity contribution in [1.82, 2.24) is 0 Å². The molecule has 0 saturated carbocycles. The molecule has 0 aliphatic carbocycles. The lowest BCUT2D eigenvalue weighted by Gasteiger charge is -2.18. The van der Waals surface area contributed by atoms with Gasteiger partial charge in [0.2, 0.25) is 5.75 Å². The Balaban J connectivity index is 1.67. The molecule has 0 fully saturated rings. The van der Waals surface area contributed by atoms with Crippen molar-refractivity contribution >= 4 is 12.0 Å². The van der Waals surface area contributed by atoms with Crippen molar-refractivity contribution in [2.24, 2.45) is 0 Å². The lowest BCUT2D eigenvalue weighted by molar-refractivity contribution is -0.137. The smallest absolute Gasteiger partial charge is 0.330 e.